The fraction of sp³-hybridized carbons (Fsp3) is 0.500. The molecule has 7 heteroatoms. The maximum absolute atomic E-state index is 12.5. The summed E-state index contributed by atoms with van der Waals surface area (Å²) in [7, 11) is -3.65. The Bertz CT molecular complexity index is 596. The first-order valence-electron chi connectivity index (χ1n) is 6.93. The van der Waals surface area contributed by atoms with Crippen molar-refractivity contribution in [2.45, 2.75) is 31.3 Å². The van der Waals surface area contributed by atoms with Crippen LogP contribution in [0.1, 0.15) is 20.3 Å². The summed E-state index contributed by atoms with van der Waals surface area (Å²) in [5, 5.41) is 2.66. The van der Waals surface area contributed by atoms with Crippen LogP contribution in [0.25, 0.3) is 0 Å². The third-order valence-corrected chi connectivity index (χ3v) is 4.92. The molecule has 1 aromatic rings. The molecule has 0 aromatic heterocycles. The van der Waals surface area contributed by atoms with Crippen molar-refractivity contribution in [3.63, 3.8) is 0 Å². The Morgan fingerprint density at radius 3 is 2.52 bits per heavy atom. The van der Waals surface area contributed by atoms with Crippen molar-refractivity contribution < 1.29 is 17.9 Å². The van der Waals surface area contributed by atoms with Gasteiger partial charge < -0.3 is 10.1 Å². The van der Waals surface area contributed by atoms with Crippen LogP contribution in [0.2, 0.25) is 0 Å². The summed E-state index contributed by atoms with van der Waals surface area (Å²) >= 11 is 0. The van der Waals surface area contributed by atoms with Crippen LogP contribution in [0, 0.1) is 0 Å². The zero-order valence-corrected chi connectivity index (χ0v) is 13.0. The molecule has 1 aliphatic heterocycles. The molecule has 116 valence electrons. The van der Waals surface area contributed by atoms with Gasteiger partial charge in [0.25, 0.3) is 0 Å². The number of amides is 1. The Balaban J connectivity index is 2.20. The quantitative estimate of drug-likeness (QED) is 0.899. The van der Waals surface area contributed by atoms with Crippen molar-refractivity contribution in [2.75, 3.05) is 19.6 Å². The standard InChI is InChI=1S/C14H20N2O4S/c1-11(2)20-12-4-6-13(7-5-12)21(18,19)16-9-3-8-15-14(17)10-16/h4-7,11H,3,8-10H2,1-2H3,(H,15,17). The molecule has 2 rings (SSSR count). The van der Waals surface area contributed by atoms with Crippen LogP contribution in [-0.4, -0.2) is 44.4 Å². The van der Waals surface area contributed by atoms with Crippen molar-refractivity contribution in [1.82, 2.24) is 9.62 Å². The molecule has 0 saturated carbocycles. The molecule has 1 aliphatic rings. The molecule has 0 atom stereocenters. The lowest BCUT2D eigenvalue weighted by molar-refractivity contribution is -0.120. The van der Waals surface area contributed by atoms with Crippen LogP contribution < -0.4 is 10.1 Å². The lowest BCUT2D eigenvalue weighted by atomic mass is 10.3. The minimum Gasteiger partial charge on any atom is -0.491 e. The van der Waals surface area contributed by atoms with E-state index in [2.05, 4.69) is 5.32 Å². The van der Waals surface area contributed by atoms with E-state index >= 15 is 0 Å². The Kier molecular flexibility index (Phi) is 4.84. The van der Waals surface area contributed by atoms with Crippen LogP contribution >= 0.6 is 0 Å². The summed E-state index contributed by atoms with van der Waals surface area (Å²) in [6.45, 7) is 4.52. The Morgan fingerprint density at radius 2 is 1.90 bits per heavy atom. The highest BCUT2D eigenvalue weighted by Crippen LogP contribution is 2.21. The monoisotopic (exact) mass is 312 g/mol. The van der Waals surface area contributed by atoms with Gasteiger partial charge in [-0.2, -0.15) is 4.31 Å². The summed E-state index contributed by atoms with van der Waals surface area (Å²) in [6.07, 6.45) is 0.640. The predicted molar refractivity (Wildman–Crippen MR) is 78.6 cm³/mol. The normalized spacial score (nSPS) is 17.4. The van der Waals surface area contributed by atoms with Crippen LogP contribution in [0.5, 0.6) is 5.75 Å². The number of hydrogen-bond donors (Lipinski definition) is 1. The molecule has 1 aromatic carbocycles. The van der Waals surface area contributed by atoms with E-state index in [1.54, 1.807) is 12.1 Å². The molecule has 0 bridgehead atoms. The van der Waals surface area contributed by atoms with Crippen LogP contribution in [0.3, 0.4) is 0 Å². The van der Waals surface area contributed by atoms with Crippen LogP contribution in [-0.2, 0) is 14.8 Å². The summed E-state index contributed by atoms with van der Waals surface area (Å²) in [5.74, 6) is 0.355. The summed E-state index contributed by atoms with van der Waals surface area (Å²) in [4.78, 5) is 11.7. The zero-order chi connectivity index (χ0) is 15.5. The molecule has 0 aliphatic carbocycles. The van der Waals surface area contributed by atoms with E-state index in [9.17, 15) is 13.2 Å². The second-order valence-corrected chi connectivity index (χ2v) is 7.12. The Labute approximate surface area is 125 Å². The first kappa shape index (κ1) is 15.8. The Hall–Kier alpha value is -1.60. The second kappa shape index (κ2) is 6.44. The third kappa shape index (κ3) is 3.95. The highest BCUT2D eigenvalue weighted by molar-refractivity contribution is 7.89. The average molecular weight is 312 g/mol. The molecule has 21 heavy (non-hydrogen) atoms. The smallest absolute Gasteiger partial charge is 0.243 e. The van der Waals surface area contributed by atoms with Gasteiger partial charge in [-0.3, -0.25) is 4.79 Å². The SMILES string of the molecule is CC(C)Oc1ccc(S(=O)(=O)N2CCCNC(=O)C2)cc1. The van der Waals surface area contributed by atoms with Gasteiger partial charge in [0, 0.05) is 13.1 Å². The van der Waals surface area contributed by atoms with Gasteiger partial charge >= 0.3 is 0 Å². The molecule has 0 radical (unpaired) electrons. The van der Waals surface area contributed by atoms with Gasteiger partial charge in [-0.05, 0) is 44.5 Å². The lowest BCUT2D eigenvalue weighted by Gasteiger charge is -2.19. The minimum absolute atomic E-state index is 0.0294. The number of hydrogen-bond acceptors (Lipinski definition) is 4. The van der Waals surface area contributed by atoms with E-state index in [0.717, 1.165) is 0 Å². The number of carbonyl (C=O) groups is 1. The average Bonchev–Trinajstić information content (AvgIpc) is 2.64. The number of sulfonamides is 1. The lowest BCUT2D eigenvalue weighted by Crippen LogP contribution is -2.37. The number of carbonyl (C=O) groups excluding carboxylic acids is 1. The highest BCUT2D eigenvalue weighted by Gasteiger charge is 2.27. The van der Waals surface area contributed by atoms with Gasteiger partial charge in [0.15, 0.2) is 0 Å². The van der Waals surface area contributed by atoms with E-state index in [4.69, 9.17) is 4.74 Å². The van der Waals surface area contributed by atoms with E-state index in [-0.39, 0.29) is 23.5 Å². The van der Waals surface area contributed by atoms with E-state index in [0.29, 0.717) is 25.3 Å². The van der Waals surface area contributed by atoms with Crippen molar-refractivity contribution in [3.8, 4) is 5.75 Å². The molecule has 1 N–H and O–H groups in total. The number of rotatable bonds is 4. The molecular weight excluding hydrogens is 292 g/mol. The van der Waals surface area contributed by atoms with Gasteiger partial charge in [-0.1, -0.05) is 0 Å². The first-order valence-corrected chi connectivity index (χ1v) is 8.37. The topological polar surface area (TPSA) is 75.7 Å². The third-order valence-electron chi connectivity index (χ3n) is 3.06. The molecule has 0 spiro atoms. The van der Waals surface area contributed by atoms with E-state index in [1.807, 2.05) is 13.8 Å². The number of ether oxygens (including phenoxy) is 1. The number of nitrogens with one attached hydrogen (secondary N) is 1. The second-order valence-electron chi connectivity index (χ2n) is 5.18. The highest BCUT2D eigenvalue weighted by atomic mass is 32.2. The zero-order valence-electron chi connectivity index (χ0n) is 12.2. The molecule has 1 saturated heterocycles. The minimum atomic E-state index is -3.65. The van der Waals surface area contributed by atoms with E-state index in [1.165, 1.54) is 16.4 Å². The summed E-state index contributed by atoms with van der Waals surface area (Å²) in [6, 6.07) is 6.28. The number of nitrogens with zero attached hydrogens (tertiary/aromatic N) is 1. The molecule has 1 heterocycles. The largest absolute Gasteiger partial charge is 0.491 e. The van der Waals surface area contributed by atoms with Gasteiger partial charge in [0.05, 0.1) is 17.5 Å². The van der Waals surface area contributed by atoms with Gasteiger partial charge in [0.1, 0.15) is 5.75 Å². The van der Waals surface area contributed by atoms with Gasteiger partial charge in [-0.15, -0.1) is 0 Å². The van der Waals surface area contributed by atoms with Crippen molar-refractivity contribution in [3.05, 3.63) is 24.3 Å². The van der Waals surface area contributed by atoms with Crippen LogP contribution in [0.4, 0.5) is 0 Å². The molecule has 1 amide bonds. The van der Waals surface area contributed by atoms with Crippen LogP contribution in [0.15, 0.2) is 29.2 Å². The predicted octanol–water partition coefficient (Wildman–Crippen LogP) is 0.984. The summed E-state index contributed by atoms with van der Waals surface area (Å²) < 4.78 is 31.8. The fourth-order valence-electron chi connectivity index (χ4n) is 2.09. The molecular formula is C14H20N2O4S. The Morgan fingerprint density at radius 1 is 1.24 bits per heavy atom. The van der Waals surface area contributed by atoms with Gasteiger partial charge in [-0.25, -0.2) is 8.42 Å². The molecule has 1 fully saturated rings. The van der Waals surface area contributed by atoms with Gasteiger partial charge in [0.2, 0.25) is 15.9 Å². The summed E-state index contributed by atoms with van der Waals surface area (Å²) in [5.41, 5.74) is 0. The molecule has 6 nitrogen and oxygen atoms in total. The van der Waals surface area contributed by atoms with Crippen molar-refractivity contribution in [2.24, 2.45) is 0 Å². The van der Waals surface area contributed by atoms with Crippen molar-refractivity contribution >= 4 is 15.9 Å². The maximum Gasteiger partial charge on any atom is 0.243 e. The van der Waals surface area contributed by atoms with Crippen molar-refractivity contribution in [1.29, 1.82) is 0 Å². The fourth-order valence-corrected chi connectivity index (χ4v) is 3.53. The molecule has 0 unspecified atom stereocenters. The maximum atomic E-state index is 12.5. The first-order chi connectivity index (χ1) is 9.89. The number of benzene rings is 1. The van der Waals surface area contributed by atoms with E-state index < -0.39 is 10.0 Å².